The molecule has 2 N–H and O–H groups in total. The summed E-state index contributed by atoms with van der Waals surface area (Å²) in [6.07, 6.45) is 5.68. The summed E-state index contributed by atoms with van der Waals surface area (Å²) in [5.41, 5.74) is 6.56. The van der Waals surface area contributed by atoms with Gasteiger partial charge in [-0.15, -0.1) is 0 Å². The van der Waals surface area contributed by atoms with Crippen molar-refractivity contribution in [2.75, 3.05) is 18.4 Å². The first-order chi connectivity index (χ1) is 14.2. The molecule has 2 aliphatic heterocycles. The molecular formula is C25H32N4. The number of piperidine rings is 1. The Morgan fingerprint density at radius 2 is 1.86 bits per heavy atom. The summed E-state index contributed by atoms with van der Waals surface area (Å²) in [6, 6.07) is 16.4. The molecule has 3 heterocycles. The van der Waals surface area contributed by atoms with Gasteiger partial charge in [0, 0.05) is 29.8 Å². The number of aromatic nitrogens is 2. The van der Waals surface area contributed by atoms with Crippen LogP contribution in [-0.4, -0.2) is 28.7 Å². The lowest BCUT2D eigenvalue weighted by Gasteiger charge is -2.31. The Hall–Kier alpha value is -2.33. The molecule has 0 radical (unpaired) electrons. The van der Waals surface area contributed by atoms with E-state index in [4.69, 9.17) is 4.98 Å². The normalized spacial score (nSPS) is 21.0. The van der Waals surface area contributed by atoms with Crippen LogP contribution in [-0.2, 0) is 12.8 Å². The molecule has 29 heavy (non-hydrogen) atoms. The third-order valence-electron chi connectivity index (χ3n) is 6.95. The van der Waals surface area contributed by atoms with Gasteiger partial charge in [-0.05, 0) is 76.2 Å². The quantitative estimate of drug-likeness (QED) is 0.666. The van der Waals surface area contributed by atoms with E-state index < -0.39 is 0 Å². The molecule has 2 aromatic carbocycles. The van der Waals surface area contributed by atoms with Gasteiger partial charge in [0.2, 0.25) is 0 Å². The molecule has 152 valence electrons. The lowest BCUT2D eigenvalue weighted by atomic mass is 9.90. The monoisotopic (exact) mass is 388 g/mol. The molecule has 1 saturated heterocycles. The second-order valence-electron chi connectivity index (χ2n) is 8.93. The van der Waals surface area contributed by atoms with Crippen LogP contribution in [0.1, 0.15) is 56.1 Å². The standard InChI is InChI=1S/C25H32N4/c1-17-8-9-21-22(27-17)10-11-23-25(21)28-24(16-19-6-4-3-5-7-19)29(23)18(2)20-12-14-26-15-13-20/h3-7,10-11,17-18,20,26-27H,8-9,12-16H2,1-2H3/t17-,18+/m0/s1. The molecule has 1 fully saturated rings. The maximum absolute atomic E-state index is 5.27. The van der Waals surface area contributed by atoms with Crippen LogP contribution in [0.15, 0.2) is 42.5 Å². The van der Waals surface area contributed by atoms with Crippen LogP contribution in [0, 0.1) is 5.92 Å². The average Bonchev–Trinajstić information content (AvgIpc) is 3.12. The van der Waals surface area contributed by atoms with Gasteiger partial charge in [-0.25, -0.2) is 4.98 Å². The van der Waals surface area contributed by atoms with Gasteiger partial charge in [0.25, 0.3) is 0 Å². The summed E-state index contributed by atoms with van der Waals surface area (Å²) >= 11 is 0. The fourth-order valence-corrected chi connectivity index (χ4v) is 5.25. The van der Waals surface area contributed by atoms with Crippen LogP contribution in [0.4, 0.5) is 5.69 Å². The van der Waals surface area contributed by atoms with E-state index in [-0.39, 0.29) is 0 Å². The van der Waals surface area contributed by atoms with E-state index >= 15 is 0 Å². The van der Waals surface area contributed by atoms with E-state index in [9.17, 15) is 0 Å². The minimum Gasteiger partial charge on any atom is -0.382 e. The van der Waals surface area contributed by atoms with Gasteiger partial charge in [0.05, 0.1) is 11.0 Å². The number of benzene rings is 2. The molecule has 0 amide bonds. The van der Waals surface area contributed by atoms with Crippen LogP contribution < -0.4 is 10.6 Å². The summed E-state index contributed by atoms with van der Waals surface area (Å²) < 4.78 is 2.57. The maximum atomic E-state index is 5.27. The highest BCUT2D eigenvalue weighted by Gasteiger charge is 2.27. The molecule has 0 aliphatic carbocycles. The molecule has 1 aromatic heterocycles. The number of fused-ring (bicyclic) bond motifs is 3. The number of nitrogens with one attached hydrogen (secondary N) is 2. The van der Waals surface area contributed by atoms with Crippen molar-refractivity contribution in [1.82, 2.24) is 14.9 Å². The van der Waals surface area contributed by atoms with E-state index in [1.807, 2.05) is 0 Å². The van der Waals surface area contributed by atoms with Gasteiger partial charge in [-0.2, -0.15) is 0 Å². The van der Waals surface area contributed by atoms with Crippen molar-refractivity contribution in [2.45, 2.75) is 58.0 Å². The van der Waals surface area contributed by atoms with Gasteiger partial charge < -0.3 is 15.2 Å². The van der Waals surface area contributed by atoms with Gasteiger partial charge in [0.1, 0.15) is 5.82 Å². The predicted molar refractivity (Wildman–Crippen MR) is 121 cm³/mol. The predicted octanol–water partition coefficient (Wildman–Crippen LogP) is 4.93. The third-order valence-corrected chi connectivity index (χ3v) is 6.95. The van der Waals surface area contributed by atoms with E-state index in [1.165, 1.54) is 52.9 Å². The van der Waals surface area contributed by atoms with Crippen molar-refractivity contribution < 1.29 is 0 Å². The average molecular weight is 389 g/mol. The van der Waals surface area contributed by atoms with Crippen molar-refractivity contribution in [3.05, 3.63) is 59.4 Å². The van der Waals surface area contributed by atoms with Crippen LogP contribution >= 0.6 is 0 Å². The molecule has 2 aliphatic rings. The summed E-state index contributed by atoms with van der Waals surface area (Å²) in [6.45, 7) is 6.94. The Morgan fingerprint density at radius 3 is 2.66 bits per heavy atom. The van der Waals surface area contributed by atoms with Gasteiger partial charge in [0.15, 0.2) is 0 Å². The van der Waals surface area contributed by atoms with Crippen molar-refractivity contribution in [1.29, 1.82) is 0 Å². The Labute approximate surface area is 173 Å². The minimum atomic E-state index is 0.467. The van der Waals surface area contributed by atoms with E-state index in [1.54, 1.807) is 0 Å². The summed E-state index contributed by atoms with van der Waals surface area (Å²) in [7, 11) is 0. The first-order valence-electron chi connectivity index (χ1n) is 11.2. The Bertz CT molecular complexity index is 985. The SMILES string of the molecule is C[C@H](C1CCNCC1)n1c(Cc2ccccc2)nc2c3c(ccc21)N[C@@H](C)CC3. The zero-order valence-electron chi connectivity index (χ0n) is 17.6. The number of hydrogen-bond acceptors (Lipinski definition) is 3. The number of hydrogen-bond donors (Lipinski definition) is 2. The zero-order chi connectivity index (χ0) is 19.8. The Kier molecular flexibility index (Phi) is 5.04. The summed E-state index contributed by atoms with van der Waals surface area (Å²) in [5, 5.41) is 7.18. The number of rotatable bonds is 4. The lowest BCUT2D eigenvalue weighted by Crippen LogP contribution is -2.32. The highest BCUT2D eigenvalue weighted by molar-refractivity contribution is 5.86. The zero-order valence-corrected chi connectivity index (χ0v) is 17.6. The smallest absolute Gasteiger partial charge is 0.114 e. The third kappa shape index (κ3) is 3.55. The van der Waals surface area contributed by atoms with Crippen LogP contribution in [0.3, 0.4) is 0 Å². The highest BCUT2D eigenvalue weighted by Crippen LogP contribution is 2.36. The van der Waals surface area contributed by atoms with Crippen LogP contribution in [0.5, 0.6) is 0 Å². The number of nitrogens with zero attached hydrogens (tertiary/aromatic N) is 2. The molecule has 3 aromatic rings. The van der Waals surface area contributed by atoms with Crippen molar-refractivity contribution in [2.24, 2.45) is 5.92 Å². The molecule has 0 saturated carbocycles. The fourth-order valence-electron chi connectivity index (χ4n) is 5.25. The molecule has 0 spiro atoms. The number of imidazole rings is 1. The second-order valence-corrected chi connectivity index (χ2v) is 8.93. The summed E-state index contributed by atoms with van der Waals surface area (Å²) in [4.78, 5) is 5.27. The largest absolute Gasteiger partial charge is 0.382 e. The van der Waals surface area contributed by atoms with Crippen molar-refractivity contribution >= 4 is 16.7 Å². The van der Waals surface area contributed by atoms with Crippen LogP contribution in [0.25, 0.3) is 11.0 Å². The van der Waals surface area contributed by atoms with Gasteiger partial charge in [-0.1, -0.05) is 30.3 Å². The Morgan fingerprint density at radius 1 is 1.07 bits per heavy atom. The molecule has 4 nitrogen and oxygen atoms in total. The second kappa shape index (κ2) is 7.83. The minimum absolute atomic E-state index is 0.467. The lowest BCUT2D eigenvalue weighted by molar-refractivity contribution is 0.276. The number of anilines is 1. The number of aryl methyl sites for hydroxylation is 1. The molecule has 0 unspecified atom stereocenters. The van der Waals surface area contributed by atoms with E-state index in [0.717, 1.165) is 25.9 Å². The van der Waals surface area contributed by atoms with E-state index in [2.05, 4.69) is 71.5 Å². The van der Waals surface area contributed by atoms with Gasteiger partial charge in [-0.3, -0.25) is 0 Å². The molecule has 4 heteroatoms. The highest BCUT2D eigenvalue weighted by atomic mass is 15.1. The first kappa shape index (κ1) is 18.7. The van der Waals surface area contributed by atoms with E-state index in [0.29, 0.717) is 18.0 Å². The van der Waals surface area contributed by atoms with Crippen molar-refractivity contribution in [3.8, 4) is 0 Å². The molecule has 2 atom stereocenters. The van der Waals surface area contributed by atoms with Crippen molar-refractivity contribution in [3.63, 3.8) is 0 Å². The molecular weight excluding hydrogens is 356 g/mol. The fraction of sp³-hybridized carbons (Fsp3) is 0.480. The van der Waals surface area contributed by atoms with Crippen LogP contribution in [0.2, 0.25) is 0 Å². The molecule has 0 bridgehead atoms. The maximum Gasteiger partial charge on any atom is 0.114 e. The topological polar surface area (TPSA) is 41.9 Å². The summed E-state index contributed by atoms with van der Waals surface area (Å²) in [5.74, 6) is 1.92. The van der Waals surface area contributed by atoms with Gasteiger partial charge >= 0.3 is 0 Å². The Balaban J connectivity index is 1.62. The molecule has 5 rings (SSSR count). The first-order valence-corrected chi connectivity index (χ1v) is 11.2.